The second-order valence-electron chi connectivity index (χ2n) is 11.0. The number of carbonyl (C=O) groups is 3. The highest BCUT2D eigenvalue weighted by Crippen LogP contribution is 2.39. The zero-order valence-corrected chi connectivity index (χ0v) is 29.7. The molecule has 0 saturated carbocycles. The fourth-order valence-electron chi connectivity index (χ4n) is 4.79. The molecule has 3 amide bonds. The SMILES string of the molecule is COc1cc(/C=C(/NC(=O)c2ccccc2)C(=O)Nc2cccc(SC(C)C(=O)Nc3nc(-c4ccc(C)cc4)cs3)c2)cc(OC)c1OC. The highest BCUT2D eigenvalue weighted by molar-refractivity contribution is 8.00. The molecule has 256 valence electrons. The number of hydrogen-bond acceptors (Lipinski definition) is 9. The molecule has 3 N–H and O–H groups in total. The predicted molar refractivity (Wildman–Crippen MR) is 199 cm³/mol. The van der Waals surface area contributed by atoms with Gasteiger partial charge in [0.2, 0.25) is 11.7 Å². The molecule has 10 nitrogen and oxygen atoms in total. The van der Waals surface area contributed by atoms with Gasteiger partial charge in [-0.25, -0.2) is 4.98 Å². The third kappa shape index (κ3) is 9.10. The van der Waals surface area contributed by atoms with Crippen LogP contribution in [0.25, 0.3) is 17.3 Å². The van der Waals surface area contributed by atoms with E-state index in [0.717, 1.165) is 21.7 Å². The summed E-state index contributed by atoms with van der Waals surface area (Å²) in [4.78, 5) is 45.3. The summed E-state index contributed by atoms with van der Waals surface area (Å²) in [5.74, 6) is -0.0666. The van der Waals surface area contributed by atoms with Crippen molar-refractivity contribution in [1.29, 1.82) is 0 Å². The summed E-state index contributed by atoms with van der Waals surface area (Å²) >= 11 is 2.70. The van der Waals surface area contributed by atoms with Gasteiger partial charge in [-0.05, 0) is 68.0 Å². The summed E-state index contributed by atoms with van der Waals surface area (Å²) < 4.78 is 16.4. The summed E-state index contributed by atoms with van der Waals surface area (Å²) in [6.07, 6.45) is 1.52. The molecule has 0 saturated heterocycles. The Kier molecular flexibility index (Phi) is 11.9. The van der Waals surface area contributed by atoms with E-state index in [1.165, 1.54) is 50.5 Å². The fourth-order valence-corrected chi connectivity index (χ4v) is 6.44. The lowest BCUT2D eigenvalue weighted by atomic mass is 10.1. The minimum Gasteiger partial charge on any atom is -0.493 e. The largest absolute Gasteiger partial charge is 0.493 e. The smallest absolute Gasteiger partial charge is 0.272 e. The van der Waals surface area contributed by atoms with Crippen LogP contribution in [-0.2, 0) is 9.59 Å². The van der Waals surface area contributed by atoms with Crippen molar-refractivity contribution in [1.82, 2.24) is 10.3 Å². The lowest BCUT2D eigenvalue weighted by Crippen LogP contribution is -2.30. The van der Waals surface area contributed by atoms with Crippen LogP contribution in [0.3, 0.4) is 0 Å². The third-order valence-corrected chi connectivity index (χ3v) is 9.23. The average molecular weight is 709 g/mol. The topological polar surface area (TPSA) is 128 Å². The highest BCUT2D eigenvalue weighted by Gasteiger charge is 2.20. The summed E-state index contributed by atoms with van der Waals surface area (Å²) in [5, 5.41) is 10.5. The number of amides is 3. The van der Waals surface area contributed by atoms with Gasteiger partial charge < -0.3 is 30.2 Å². The van der Waals surface area contributed by atoms with Crippen LogP contribution in [0.4, 0.5) is 10.8 Å². The summed E-state index contributed by atoms with van der Waals surface area (Å²) in [5.41, 5.74) is 4.29. The molecule has 0 radical (unpaired) electrons. The molecular weight excluding hydrogens is 673 g/mol. The second-order valence-corrected chi connectivity index (χ2v) is 13.2. The van der Waals surface area contributed by atoms with E-state index in [0.29, 0.717) is 39.2 Å². The number of aromatic nitrogens is 1. The molecule has 1 aromatic heterocycles. The van der Waals surface area contributed by atoms with E-state index in [2.05, 4.69) is 20.9 Å². The molecule has 0 fully saturated rings. The van der Waals surface area contributed by atoms with Crippen molar-refractivity contribution in [3.8, 4) is 28.5 Å². The lowest BCUT2D eigenvalue weighted by molar-refractivity contribution is -0.115. The van der Waals surface area contributed by atoms with Crippen LogP contribution in [0.1, 0.15) is 28.4 Å². The van der Waals surface area contributed by atoms with Crippen LogP contribution in [0.2, 0.25) is 0 Å². The van der Waals surface area contributed by atoms with E-state index in [1.807, 2.05) is 42.6 Å². The number of methoxy groups -OCH3 is 3. The van der Waals surface area contributed by atoms with Crippen molar-refractivity contribution in [2.75, 3.05) is 32.0 Å². The Morgan fingerprint density at radius 3 is 2.20 bits per heavy atom. The van der Waals surface area contributed by atoms with E-state index in [9.17, 15) is 14.4 Å². The van der Waals surface area contributed by atoms with Crippen LogP contribution in [-0.4, -0.2) is 49.3 Å². The van der Waals surface area contributed by atoms with Gasteiger partial charge in [0.1, 0.15) is 5.70 Å². The van der Waals surface area contributed by atoms with Crippen LogP contribution < -0.4 is 30.2 Å². The Morgan fingerprint density at radius 2 is 1.54 bits per heavy atom. The van der Waals surface area contributed by atoms with Crippen LogP contribution >= 0.6 is 23.1 Å². The van der Waals surface area contributed by atoms with Crippen molar-refractivity contribution in [2.24, 2.45) is 0 Å². The van der Waals surface area contributed by atoms with Gasteiger partial charge in [0, 0.05) is 27.1 Å². The Morgan fingerprint density at radius 1 is 0.840 bits per heavy atom. The fraction of sp³-hybridized carbons (Fsp3) is 0.158. The molecular formula is C38H36N4O6S2. The lowest BCUT2D eigenvalue weighted by Gasteiger charge is -2.15. The van der Waals surface area contributed by atoms with Crippen molar-refractivity contribution in [3.63, 3.8) is 0 Å². The number of carbonyl (C=O) groups excluding carboxylic acids is 3. The molecule has 12 heteroatoms. The number of ether oxygens (including phenoxy) is 3. The monoisotopic (exact) mass is 708 g/mol. The van der Waals surface area contributed by atoms with Crippen LogP contribution in [0.15, 0.2) is 107 Å². The number of thiazole rings is 1. The van der Waals surface area contributed by atoms with Crippen molar-refractivity contribution >= 4 is 57.7 Å². The number of thioether (sulfide) groups is 1. The van der Waals surface area contributed by atoms with Crippen molar-refractivity contribution in [3.05, 3.63) is 119 Å². The second kappa shape index (κ2) is 16.7. The van der Waals surface area contributed by atoms with E-state index < -0.39 is 17.1 Å². The van der Waals surface area contributed by atoms with E-state index in [-0.39, 0.29) is 11.6 Å². The van der Waals surface area contributed by atoms with Crippen LogP contribution in [0.5, 0.6) is 17.2 Å². The first-order valence-electron chi connectivity index (χ1n) is 15.5. The molecule has 4 aromatic carbocycles. The molecule has 0 spiro atoms. The van der Waals surface area contributed by atoms with Gasteiger partial charge in [-0.3, -0.25) is 14.4 Å². The first-order chi connectivity index (χ1) is 24.2. The number of aryl methyl sites for hydroxylation is 1. The zero-order chi connectivity index (χ0) is 35.6. The van der Waals surface area contributed by atoms with Gasteiger partial charge >= 0.3 is 0 Å². The Bertz CT molecular complexity index is 1990. The minimum absolute atomic E-state index is 0.0209. The maximum Gasteiger partial charge on any atom is 0.272 e. The zero-order valence-electron chi connectivity index (χ0n) is 28.1. The maximum atomic E-state index is 13.7. The third-order valence-electron chi connectivity index (χ3n) is 7.38. The van der Waals surface area contributed by atoms with Gasteiger partial charge in [0.05, 0.1) is 32.3 Å². The average Bonchev–Trinajstić information content (AvgIpc) is 3.59. The highest BCUT2D eigenvalue weighted by atomic mass is 32.2. The molecule has 0 bridgehead atoms. The Hall–Kier alpha value is -5.59. The number of nitrogens with one attached hydrogen (secondary N) is 3. The quantitative estimate of drug-likeness (QED) is 0.0840. The van der Waals surface area contributed by atoms with E-state index >= 15 is 0 Å². The van der Waals surface area contributed by atoms with Gasteiger partial charge in [-0.2, -0.15) is 0 Å². The molecule has 5 aromatic rings. The molecule has 0 aliphatic carbocycles. The molecule has 1 heterocycles. The molecule has 1 atom stereocenters. The number of benzene rings is 4. The number of rotatable bonds is 13. The van der Waals surface area contributed by atoms with Gasteiger partial charge in [-0.1, -0.05) is 54.1 Å². The molecule has 5 rings (SSSR count). The Labute approximate surface area is 298 Å². The standard InChI is InChI=1S/C38H36N4O6S2/c1-23-14-16-26(17-15-23)31-22-49-38(41-31)42-35(43)24(2)50-29-13-9-12-28(21-29)39-37(45)30(40-36(44)27-10-7-6-8-11-27)18-25-19-32(46-3)34(48-5)33(20-25)47-4/h6-22,24H,1-5H3,(H,39,45)(H,40,44)(H,41,42,43)/b30-18+. The summed E-state index contributed by atoms with van der Waals surface area (Å²) in [6, 6.07) is 27.1. The normalized spacial score (nSPS) is 11.7. The Balaban J connectivity index is 1.31. The van der Waals surface area contributed by atoms with Gasteiger partial charge in [0.25, 0.3) is 11.8 Å². The van der Waals surface area contributed by atoms with Crippen molar-refractivity contribution in [2.45, 2.75) is 24.0 Å². The summed E-state index contributed by atoms with van der Waals surface area (Å²) in [6.45, 7) is 3.83. The molecule has 0 aliphatic rings. The van der Waals surface area contributed by atoms with Crippen molar-refractivity contribution < 1.29 is 28.6 Å². The number of hydrogen-bond donors (Lipinski definition) is 3. The minimum atomic E-state index is -0.566. The first kappa shape index (κ1) is 35.7. The van der Waals surface area contributed by atoms with Gasteiger partial charge in [-0.15, -0.1) is 23.1 Å². The number of nitrogens with zero attached hydrogens (tertiary/aromatic N) is 1. The van der Waals surface area contributed by atoms with Gasteiger partial charge in [0.15, 0.2) is 16.6 Å². The predicted octanol–water partition coefficient (Wildman–Crippen LogP) is 7.67. The van der Waals surface area contributed by atoms with E-state index in [1.54, 1.807) is 67.6 Å². The molecule has 1 unspecified atom stereocenters. The van der Waals surface area contributed by atoms with Crippen LogP contribution in [0, 0.1) is 6.92 Å². The first-order valence-corrected chi connectivity index (χ1v) is 17.2. The summed E-state index contributed by atoms with van der Waals surface area (Å²) in [7, 11) is 4.48. The van der Waals surface area contributed by atoms with E-state index in [4.69, 9.17) is 14.2 Å². The molecule has 50 heavy (non-hydrogen) atoms. The maximum absolute atomic E-state index is 13.7. The number of anilines is 2. The molecule has 0 aliphatic heterocycles.